The normalized spacial score (nSPS) is 24.8. The van der Waals surface area contributed by atoms with Gasteiger partial charge in [0.15, 0.2) is 0 Å². The summed E-state index contributed by atoms with van der Waals surface area (Å²) in [5.41, 5.74) is 0. The van der Waals surface area contributed by atoms with Crippen molar-refractivity contribution in [1.29, 1.82) is 0 Å². The van der Waals surface area contributed by atoms with Gasteiger partial charge in [0.1, 0.15) is 0 Å². The van der Waals surface area contributed by atoms with E-state index in [0.717, 1.165) is 19.6 Å². The molecule has 1 aliphatic heterocycles. The van der Waals surface area contributed by atoms with Crippen LogP contribution in [0.15, 0.2) is 0 Å². The second-order valence-electron chi connectivity index (χ2n) is 3.57. The molecule has 1 N–H and O–H groups in total. The number of aliphatic hydroxyl groups excluding tert-OH is 1. The van der Waals surface area contributed by atoms with Crippen molar-refractivity contribution in [3.63, 3.8) is 0 Å². The zero-order chi connectivity index (χ0) is 9.84. The lowest BCUT2D eigenvalue weighted by molar-refractivity contribution is -0.131. The van der Waals surface area contributed by atoms with Crippen LogP contribution in [0.2, 0.25) is 0 Å². The lowest BCUT2D eigenvalue weighted by Gasteiger charge is -2.39. The number of rotatable bonds is 2. The Balaban J connectivity index is 2.41. The van der Waals surface area contributed by atoms with Crippen LogP contribution < -0.4 is 0 Å². The molecule has 0 radical (unpaired) electrons. The van der Waals surface area contributed by atoms with Crippen molar-refractivity contribution in [2.24, 2.45) is 0 Å². The fourth-order valence-corrected chi connectivity index (χ4v) is 1.74. The highest BCUT2D eigenvalue weighted by Gasteiger charge is 2.23. The first kappa shape index (κ1) is 10.5. The van der Waals surface area contributed by atoms with Crippen LogP contribution in [0.1, 0.15) is 13.8 Å². The van der Waals surface area contributed by atoms with Crippen molar-refractivity contribution in [2.75, 3.05) is 32.8 Å². The number of amides is 1. The minimum atomic E-state index is 0.149. The smallest absolute Gasteiger partial charge is 0.219 e. The number of β-amino-alcohol motifs (C(OH)–C–C–N with tert-alkyl or cyclic N) is 1. The molecule has 13 heavy (non-hydrogen) atoms. The zero-order valence-corrected chi connectivity index (χ0v) is 8.36. The van der Waals surface area contributed by atoms with Crippen LogP contribution in [0.4, 0.5) is 0 Å². The van der Waals surface area contributed by atoms with Gasteiger partial charge in [-0.05, 0) is 6.92 Å². The number of aliphatic hydroxyl groups is 1. The van der Waals surface area contributed by atoms with Gasteiger partial charge in [0.2, 0.25) is 5.91 Å². The maximum atomic E-state index is 11.1. The van der Waals surface area contributed by atoms with Gasteiger partial charge in [-0.15, -0.1) is 0 Å². The Labute approximate surface area is 79.1 Å². The Hall–Kier alpha value is -0.610. The topological polar surface area (TPSA) is 43.8 Å². The van der Waals surface area contributed by atoms with Crippen molar-refractivity contribution >= 4 is 5.91 Å². The molecule has 1 amide bonds. The van der Waals surface area contributed by atoms with Gasteiger partial charge in [-0.3, -0.25) is 9.69 Å². The second-order valence-corrected chi connectivity index (χ2v) is 3.57. The Morgan fingerprint density at radius 2 is 2.23 bits per heavy atom. The molecule has 1 aliphatic rings. The Morgan fingerprint density at radius 3 is 2.69 bits per heavy atom. The molecule has 0 bridgehead atoms. The number of hydrogen-bond acceptors (Lipinski definition) is 3. The molecule has 0 aromatic heterocycles. The van der Waals surface area contributed by atoms with E-state index in [1.807, 2.05) is 4.90 Å². The first-order valence-corrected chi connectivity index (χ1v) is 4.75. The quantitative estimate of drug-likeness (QED) is 0.634. The highest BCUT2D eigenvalue weighted by molar-refractivity contribution is 5.73. The Morgan fingerprint density at radius 1 is 1.54 bits per heavy atom. The maximum absolute atomic E-state index is 11.1. The fourth-order valence-electron chi connectivity index (χ4n) is 1.74. The summed E-state index contributed by atoms with van der Waals surface area (Å²) in [6.45, 7) is 7.06. The average molecular weight is 186 g/mol. The molecule has 0 unspecified atom stereocenters. The summed E-state index contributed by atoms with van der Waals surface area (Å²) in [5, 5.41) is 8.79. The third-order valence-electron chi connectivity index (χ3n) is 2.60. The molecule has 0 aliphatic carbocycles. The third-order valence-corrected chi connectivity index (χ3v) is 2.60. The van der Waals surface area contributed by atoms with E-state index in [-0.39, 0.29) is 12.5 Å². The van der Waals surface area contributed by atoms with E-state index in [0.29, 0.717) is 12.6 Å². The molecule has 1 atom stereocenters. The van der Waals surface area contributed by atoms with Crippen LogP contribution in [0, 0.1) is 0 Å². The number of carbonyl (C=O) groups excluding carboxylic acids is 1. The van der Waals surface area contributed by atoms with Crippen LogP contribution in [0.5, 0.6) is 0 Å². The van der Waals surface area contributed by atoms with Gasteiger partial charge in [0.25, 0.3) is 0 Å². The summed E-state index contributed by atoms with van der Waals surface area (Å²) < 4.78 is 0. The third kappa shape index (κ3) is 2.67. The van der Waals surface area contributed by atoms with Crippen LogP contribution in [-0.2, 0) is 4.79 Å². The van der Waals surface area contributed by atoms with E-state index in [4.69, 9.17) is 5.11 Å². The van der Waals surface area contributed by atoms with Gasteiger partial charge >= 0.3 is 0 Å². The van der Waals surface area contributed by atoms with Gasteiger partial charge in [0.05, 0.1) is 6.61 Å². The SMILES string of the molecule is CC(=O)N1CCN(CCO)[C@@H](C)C1. The summed E-state index contributed by atoms with van der Waals surface area (Å²) >= 11 is 0. The van der Waals surface area contributed by atoms with Crippen molar-refractivity contribution in [1.82, 2.24) is 9.80 Å². The van der Waals surface area contributed by atoms with E-state index in [2.05, 4.69) is 11.8 Å². The summed E-state index contributed by atoms with van der Waals surface area (Å²) in [6, 6.07) is 0.366. The molecular weight excluding hydrogens is 168 g/mol. The van der Waals surface area contributed by atoms with E-state index in [1.165, 1.54) is 0 Å². The summed E-state index contributed by atoms with van der Waals surface area (Å²) in [7, 11) is 0. The minimum Gasteiger partial charge on any atom is -0.395 e. The molecule has 1 fully saturated rings. The average Bonchev–Trinajstić information content (AvgIpc) is 2.08. The molecule has 1 rings (SSSR count). The van der Waals surface area contributed by atoms with Crippen LogP contribution in [0.25, 0.3) is 0 Å². The number of carbonyl (C=O) groups is 1. The maximum Gasteiger partial charge on any atom is 0.219 e. The van der Waals surface area contributed by atoms with E-state index in [9.17, 15) is 4.79 Å². The molecule has 0 saturated carbocycles. The first-order valence-electron chi connectivity index (χ1n) is 4.75. The largest absolute Gasteiger partial charge is 0.395 e. The predicted octanol–water partition coefficient (Wildman–Crippen LogP) is -0.469. The van der Waals surface area contributed by atoms with Gasteiger partial charge < -0.3 is 10.0 Å². The predicted molar refractivity (Wildman–Crippen MR) is 50.4 cm³/mol. The van der Waals surface area contributed by atoms with E-state index >= 15 is 0 Å². The fraction of sp³-hybridized carbons (Fsp3) is 0.889. The van der Waals surface area contributed by atoms with E-state index in [1.54, 1.807) is 6.92 Å². The molecule has 4 nitrogen and oxygen atoms in total. The van der Waals surface area contributed by atoms with Gasteiger partial charge in [0, 0.05) is 39.1 Å². The van der Waals surface area contributed by atoms with Crippen LogP contribution in [0.3, 0.4) is 0 Å². The molecular formula is C9H18N2O2. The molecule has 0 aromatic rings. The highest BCUT2D eigenvalue weighted by atomic mass is 16.3. The van der Waals surface area contributed by atoms with Gasteiger partial charge in [-0.2, -0.15) is 0 Å². The zero-order valence-electron chi connectivity index (χ0n) is 8.36. The monoisotopic (exact) mass is 186 g/mol. The van der Waals surface area contributed by atoms with Crippen LogP contribution >= 0.6 is 0 Å². The second kappa shape index (κ2) is 4.58. The molecule has 0 spiro atoms. The van der Waals surface area contributed by atoms with Gasteiger partial charge in [-0.1, -0.05) is 0 Å². The van der Waals surface area contributed by atoms with Crippen molar-refractivity contribution in [2.45, 2.75) is 19.9 Å². The minimum absolute atomic E-state index is 0.149. The van der Waals surface area contributed by atoms with Gasteiger partial charge in [-0.25, -0.2) is 0 Å². The molecule has 0 aromatic carbocycles. The lowest BCUT2D eigenvalue weighted by atomic mass is 10.2. The summed E-state index contributed by atoms with van der Waals surface area (Å²) in [4.78, 5) is 15.1. The summed E-state index contributed by atoms with van der Waals surface area (Å²) in [6.07, 6.45) is 0. The molecule has 1 heterocycles. The lowest BCUT2D eigenvalue weighted by Crippen LogP contribution is -2.53. The highest BCUT2D eigenvalue weighted by Crippen LogP contribution is 2.08. The Kier molecular flexibility index (Phi) is 3.69. The van der Waals surface area contributed by atoms with Crippen molar-refractivity contribution < 1.29 is 9.90 Å². The molecule has 1 saturated heterocycles. The summed E-state index contributed by atoms with van der Waals surface area (Å²) in [5.74, 6) is 0.149. The Bertz CT molecular complexity index is 184. The number of nitrogens with zero attached hydrogens (tertiary/aromatic N) is 2. The molecule has 4 heteroatoms. The van der Waals surface area contributed by atoms with Crippen molar-refractivity contribution in [3.05, 3.63) is 0 Å². The van der Waals surface area contributed by atoms with Crippen LogP contribution in [-0.4, -0.2) is 59.6 Å². The number of hydrogen-bond donors (Lipinski definition) is 1. The number of piperazine rings is 1. The standard InChI is InChI=1S/C9H18N2O2/c1-8-7-11(9(2)13)4-3-10(8)5-6-12/h8,12H,3-7H2,1-2H3/t8-/m0/s1. The molecule has 76 valence electrons. The van der Waals surface area contributed by atoms with E-state index < -0.39 is 0 Å². The first-order chi connectivity index (χ1) is 6.15. The van der Waals surface area contributed by atoms with Crippen molar-refractivity contribution in [3.8, 4) is 0 Å².